The molecule has 0 saturated heterocycles. The van der Waals surface area contributed by atoms with Crippen molar-refractivity contribution in [2.45, 2.75) is 277 Å². The number of ether oxygens (including phenoxy) is 3. The second-order valence-electron chi connectivity index (χ2n) is 18.1. The molecule has 0 heterocycles. The maximum absolute atomic E-state index is 12.8. The van der Waals surface area contributed by atoms with Crippen LogP contribution in [0.3, 0.4) is 0 Å². The molecule has 0 aromatic heterocycles. The van der Waals surface area contributed by atoms with Gasteiger partial charge in [-0.1, -0.05) is 229 Å². The van der Waals surface area contributed by atoms with Gasteiger partial charge >= 0.3 is 17.9 Å². The number of allylic oxidation sites excluding steroid dienone is 10. The van der Waals surface area contributed by atoms with Crippen molar-refractivity contribution in [2.24, 2.45) is 0 Å². The number of hydrogen-bond acceptors (Lipinski definition) is 6. The third kappa shape index (κ3) is 50.1. The number of carbonyl (C=O) groups is 3. The molecule has 0 radical (unpaired) electrons. The van der Waals surface area contributed by atoms with Gasteiger partial charge in [-0.05, 0) is 83.5 Å². The molecule has 0 saturated carbocycles. The first-order valence-corrected chi connectivity index (χ1v) is 27.3. The monoisotopic (exact) mass is 895 g/mol. The third-order valence-electron chi connectivity index (χ3n) is 11.8. The van der Waals surface area contributed by atoms with E-state index in [2.05, 4.69) is 81.5 Å². The molecule has 1 atom stereocenters. The van der Waals surface area contributed by atoms with Crippen LogP contribution >= 0.6 is 0 Å². The molecule has 0 aliphatic carbocycles. The van der Waals surface area contributed by atoms with Crippen molar-refractivity contribution in [2.75, 3.05) is 13.2 Å². The highest BCUT2D eigenvalue weighted by atomic mass is 16.6. The Hall–Kier alpha value is -2.89. The summed E-state index contributed by atoms with van der Waals surface area (Å²) in [5.41, 5.74) is 0. The minimum absolute atomic E-state index is 0.0805. The molecule has 0 bridgehead atoms. The summed E-state index contributed by atoms with van der Waals surface area (Å²) in [6, 6.07) is 0. The molecule has 6 heteroatoms. The molecule has 6 nitrogen and oxygen atoms in total. The molecule has 0 rings (SSSR count). The van der Waals surface area contributed by atoms with Gasteiger partial charge in [0.15, 0.2) is 6.10 Å². The number of esters is 3. The van der Waals surface area contributed by atoms with Crippen LogP contribution in [0.25, 0.3) is 0 Å². The van der Waals surface area contributed by atoms with Crippen molar-refractivity contribution >= 4 is 17.9 Å². The predicted molar refractivity (Wildman–Crippen MR) is 275 cm³/mol. The minimum Gasteiger partial charge on any atom is -0.462 e. The van der Waals surface area contributed by atoms with Crippen LogP contribution in [0.4, 0.5) is 0 Å². The van der Waals surface area contributed by atoms with Gasteiger partial charge in [-0.25, -0.2) is 0 Å². The van der Waals surface area contributed by atoms with Crippen LogP contribution in [0, 0.1) is 0 Å². The van der Waals surface area contributed by atoms with Gasteiger partial charge in [-0.15, -0.1) is 0 Å². The molecule has 0 N–H and O–H groups in total. The second-order valence-corrected chi connectivity index (χ2v) is 18.1. The summed E-state index contributed by atoms with van der Waals surface area (Å²) in [5, 5.41) is 0. The van der Waals surface area contributed by atoms with Crippen molar-refractivity contribution in [1.29, 1.82) is 0 Å². The molecule has 0 aromatic rings. The van der Waals surface area contributed by atoms with Crippen LogP contribution in [0.2, 0.25) is 0 Å². The highest BCUT2D eigenvalue weighted by Crippen LogP contribution is 2.15. The molecule has 0 aromatic carbocycles. The van der Waals surface area contributed by atoms with Gasteiger partial charge in [0.2, 0.25) is 0 Å². The Balaban J connectivity index is 4.36. The van der Waals surface area contributed by atoms with E-state index in [1.807, 2.05) is 0 Å². The number of hydrogen-bond donors (Lipinski definition) is 0. The first-order chi connectivity index (χ1) is 31.5. The van der Waals surface area contributed by atoms with E-state index in [-0.39, 0.29) is 31.1 Å². The lowest BCUT2D eigenvalue weighted by molar-refractivity contribution is -0.167. The highest BCUT2D eigenvalue weighted by molar-refractivity contribution is 5.71. The van der Waals surface area contributed by atoms with E-state index in [1.165, 1.54) is 128 Å². The van der Waals surface area contributed by atoms with Gasteiger partial charge in [0, 0.05) is 19.3 Å². The zero-order valence-corrected chi connectivity index (χ0v) is 42.3. The average molecular weight is 895 g/mol. The first-order valence-electron chi connectivity index (χ1n) is 27.3. The van der Waals surface area contributed by atoms with Crippen LogP contribution in [-0.4, -0.2) is 37.2 Å². The molecule has 0 aliphatic heterocycles. The van der Waals surface area contributed by atoms with Gasteiger partial charge in [0.1, 0.15) is 13.2 Å². The Morgan fingerprint density at radius 1 is 0.328 bits per heavy atom. The van der Waals surface area contributed by atoms with Crippen molar-refractivity contribution in [1.82, 2.24) is 0 Å². The molecular weight excluding hydrogens is 793 g/mol. The van der Waals surface area contributed by atoms with Gasteiger partial charge in [0.05, 0.1) is 0 Å². The molecular formula is C58H102O6. The zero-order valence-electron chi connectivity index (χ0n) is 42.3. The van der Waals surface area contributed by atoms with Gasteiger partial charge in [-0.3, -0.25) is 14.4 Å². The zero-order chi connectivity index (χ0) is 46.5. The maximum Gasteiger partial charge on any atom is 0.306 e. The summed E-state index contributed by atoms with van der Waals surface area (Å²) in [4.78, 5) is 38.0. The average Bonchev–Trinajstić information content (AvgIpc) is 3.29. The Morgan fingerprint density at radius 3 is 0.984 bits per heavy atom. The fourth-order valence-electron chi connectivity index (χ4n) is 7.66. The first kappa shape index (κ1) is 61.1. The minimum atomic E-state index is -0.782. The Bertz CT molecular complexity index is 1170. The Kier molecular flexibility index (Phi) is 50.4. The molecule has 0 aliphatic rings. The topological polar surface area (TPSA) is 78.9 Å². The predicted octanol–water partition coefficient (Wildman–Crippen LogP) is 18.0. The van der Waals surface area contributed by atoms with Crippen molar-refractivity contribution in [3.05, 3.63) is 60.8 Å². The smallest absolute Gasteiger partial charge is 0.306 e. The number of carbonyl (C=O) groups excluding carboxylic acids is 3. The summed E-state index contributed by atoms with van der Waals surface area (Å²) in [6.45, 7) is 6.50. The summed E-state index contributed by atoms with van der Waals surface area (Å²) < 4.78 is 16.8. The molecule has 370 valence electrons. The van der Waals surface area contributed by atoms with Crippen LogP contribution in [0.5, 0.6) is 0 Å². The van der Waals surface area contributed by atoms with Crippen LogP contribution < -0.4 is 0 Å². The van der Waals surface area contributed by atoms with E-state index in [0.717, 1.165) is 103 Å². The SMILES string of the molecule is CC/C=C\C/C=C\C/C=C\CCCCCCCC(=O)O[C@@H](COC(=O)CCCCCCCCCCC/C=C\C/C=C\CCCCC)COC(=O)CCCCCCCCCCCCCC. The lowest BCUT2D eigenvalue weighted by Crippen LogP contribution is -2.30. The normalized spacial score (nSPS) is 12.5. The fraction of sp³-hybridized carbons (Fsp3) is 0.776. The van der Waals surface area contributed by atoms with Gasteiger partial charge in [-0.2, -0.15) is 0 Å². The molecule has 0 spiro atoms. The molecule has 64 heavy (non-hydrogen) atoms. The van der Waals surface area contributed by atoms with Gasteiger partial charge < -0.3 is 14.2 Å². The number of rotatable bonds is 49. The Labute approximate surface area is 396 Å². The second kappa shape index (κ2) is 52.7. The summed E-state index contributed by atoms with van der Waals surface area (Å²) in [6.07, 6.45) is 64.9. The lowest BCUT2D eigenvalue weighted by atomic mass is 10.0. The van der Waals surface area contributed by atoms with E-state index in [4.69, 9.17) is 14.2 Å². The number of unbranched alkanes of at least 4 members (excludes halogenated alkanes) is 28. The fourth-order valence-corrected chi connectivity index (χ4v) is 7.66. The lowest BCUT2D eigenvalue weighted by Gasteiger charge is -2.18. The van der Waals surface area contributed by atoms with Crippen LogP contribution in [-0.2, 0) is 28.6 Å². The van der Waals surface area contributed by atoms with Crippen molar-refractivity contribution in [3.8, 4) is 0 Å². The van der Waals surface area contributed by atoms with Crippen molar-refractivity contribution in [3.63, 3.8) is 0 Å². The molecule has 0 amide bonds. The highest BCUT2D eigenvalue weighted by Gasteiger charge is 2.19. The van der Waals surface area contributed by atoms with Crippen LogP contribution in [0.1, 0.15) is 271 Å². The molecule has 0 unspecified atom stereocenters. The largest absolute Gasteiger partial charge is 0.462 e. The molecule has 0 fully saturated rings. The van der Waals surface area contributed by atoms with E-state index >= 15 is 0 Å². The Morgan fingerprint density at radius 2 is 0.609 bits per heavy atom. The maximum atomic E-state index is 12.8. The quantitative estimate of drug-likeness (QED) is 0.0262. The van der Waals surface area contributed by atoms with Crippen LogP contribution in [0.15, 0.2) is 60.8 Å². The van der Waals surface area contributed by atoms with E-state index in [9.17, 15) is 14.4 Å². The van der Waals surface area contributed by atoms with Crippen molar-refractivity contribution < 1.29 is 28.6 Å². The third-order valence-corrected chi connectivity index (χ3v) is 11.8. The summed E-state index contributed by atoms with van der Waals surface area (Å²) in [5.74, 6) is -0.894. The van der Waals surface area contributed by atoms with E-state index in [1.54, 1.807) is 0 Å². The standard InChI is InChI=1S/C58H102O6/c1-4-7-10-13-16-19-22-25-27-28-29-30-32-33-36-39-42-45-48-51-57(60)63-54-55(53-62-56(59)50-47-44-41-38-35-24-21-18-15-12-9-6-3)64-58(61)52-49-46-43-40-37-34-31-26-23-20-17-14-11-8-5-2/h8,11,16-17,19-20,25-27,31,55H,4-7,9-10,12-15,18,21-24,28-30,32-54H2,1-3H3/b11-8-,19-16-,20-17-,27-25-,31-26-/t55-/m1/s1. The summed E-state index contributed by atoms with van der Waals surface area (Å²) in [7, 11) is 0. The van der Waals surface area contributed by atoms with E-state index < -0.39 is 6.10 Å². The van der Waals surface area contributed by atoms with Gasteiger partial charge in [0.25, 0.3) is 0 Å². The van der Waals surface area contributed by atoms with E-state index in [0.29, 0.717) is 19.3 Å². The summed E-state index contributed by atoms with van der Waals surface area (Å²) >= 11 is 0.